The monoisotopic (exact) mass is 600 g/mol. The number of cyclic esters (lactones) is 1. The van der Waals surface area contributed by atoms with Crippen molar-refractivity contribution in [2.75, 3.05) is 51.4 Å². The first-order valence-corrected chi connectivity index (χ1v) is 14.7. The fourth-order valence-electron chi connectivity index (χ4n) is 5.26. The summed E-state index contributed by atoms with van der Waals surface area (Å²) in [5.41, 5.74) is 1.89. The predicted molar refractivity (Wildman–Crippen MR) is 158 cm³/mol. The molecule has 0 unspecified atom stereocenters. The molecule has 2 fully saturated rings. The maximum atomic E-state index is 13.3. The predicted octanol–water partition coefficient (Wildman–Crippen LogP) is 4.11. The molecule has 2 amide bonds. The van der Waals surface area contributed by atoms with Gasteiger partial charge in [-0.05, 0) is 74.3 Å². The van der Waals surface area contributed by atoms with Gasteiger partial charge >= 0.3 is 6.09 Å². The standard InChI is InChI=1S/C29H33ClN4O6S/c1-19-15-20(34-17-22(40-29(34)37)16-31-27(35)25-9-10-26(30)41-25)7-8-23(19)33-12-4-6-24(28(33)36)39-14-13-32-11-3-5-21(32)18-38-2/h4,6-10,12,15,21-22H,3,5,11,13-14,16-18H2,1-2H3,(H,31,35)/t21-,22-/m0/s1. The van der Waals surface area contributed by atoms with Crippen LogP contribution >= 0.6 is 22.9 Å². The average Bonchev–Trinajstić information content (AvgIpc) is 3.69. The summed E-state index contributed by atoms with van der Waals surface area (Å²) in [5, 5.41) is 2.79. The first kappa shape index (κ1) is 29.1. The van der Waals surface area contributed by atoms with Crippen molar-refractivity contribution >= 4 is 40.6 Å². The number of nitrogens with one attached hydrogen (secondary N) is 1. The molecule has 3 aromatic rings. The lowest BCUT2D eigenvalue weighted by Crippen LogP contribution is -2.36. The summed E-state index contributed by atoms with van der Waals surface area (Å²) in [6.07, 6.45) is 2.96. The molecular formula is C29H33ClN4O6S. The lowest BCUT2D eigenvalue weighted by molar-refractivity contribution is 0.0920. The van der Waals surface area contributed by atoms with Gasteiger partial charge in [-0.2, -0.15) is 0 Å². The zero-order valence-corrected chi connectivity index (χ0v) is 24.6. The van der Waals surface area contributed by atoms with E-state index in [0.29, 0.717) is 39.8 Å². The Balaban J connectivity index is 1.21. The fraction of sp³-hybridized carbons (Fsp3) is 0.414. The van der Waals surface area contributed by atoms with Gasteiger partial charge in [-0.15, -0.1) is 11.3 Å². The molecule has 2 atom stereocenters. The van der Waals surface area contributed by atoms with Gasteiger partial charge in [-0.1, -0.05) is 11.6 Å². The summed E-state index contributed by atoms with van der Waals surface area (Å²) in [5.74, 6) is 0.0240. The van der Waals surface area contributed by atoms with Crippen LogP contribution in [0, 0.1) is 6.92 Å². The minimum Gasteiger partial charge on any atom is -0.487 e. The molecule has 2 aliphatic heterocycles. The maximum Gasteiger partial charge on any atom is 0.414 e. The second-order valence-electron chi connectivity index (χ2n) is 10.1. The number of aryl methyl sites for hydroxylation is 1. The first-order valence-electron chi connectivity index (χ1n) is 13.5. The van der Waals surface area contributed by atoms with Gasteiger partial charge in [-0.25, -0.2) is 4.79 Å². The van der Waals surface area contributed by atoms with Crippen LogP contribution in [-0.2, 0) is 9.47 Å². The van der Waals surface area contributed by atoms with Crippen LogP contribution in [0.1, 0.15) is 28.1 Å². The van der Waals surface area contributed by atoms with E-state index in [4.69, 9.17) is 25.8 Å². The molecule has 0 radical (unpaired) electrons. The molecule has 2 aliphatic rings. The number of ether oxygens (including phenoxy) is 3. The Morgan fingerprint density at radius 3 is 2.83 bits per heavy atom. The smallest absolute Gasteiger partial charge is 0.414 e. The zero-order valence-electron chi connectivity index (χ0n) is 23.0. The van der Waals surface area contributed by atoms with Crippen LogP contribution in [0.5, 0.6) is 5.75 Å². The number of amides is 2. The number of halogens is 1. The summed E-state index contributed by atoms with van der Waals surface area (Å²) < 4.78 is 18.8. The Morgan fingerprint density at radius 1 is 1.22 bits per heavy atom. The fourth-order valence-corrected chi connectivity index (χ4v) is 6.22. The molecule has 5 rings (SSSR count). The van der Waals surface area contributed by atoms with Gasteiger partial charge < -0.3 is 19.5 Å². The number of carbonyl (C=O) groups is 2. The van der Waals surface area contributed by atoms with Crippen LogP contribution in [0.15, 0.2) is 53.5 Å². The van der Waals surface area contributed by atoms with Gasteiger partial charge in [0.25, 0.3) is 11.5 Å². The molecule has 0 saturated carbocycles. The minimum absolute atomic E-state index is 0.181. The van der Waals surface area contributed by atoms with Gasteiger partial charge in [0.1, 0.15) is 12.7 Å². The van der Waals surface area contributed by atoms with Crippen molar-refractivity contribution < 1.29 is 23.8 Å². The molecule has 0 bridgehead atoms. The largest absolute Gasteiger partial charge is 0.487 e. The van der Waals surface area contributed by atoms with Crippen molar-refractivity contribution in [2.24, 2.45) is 0 Å². The average molecular weight is 601 g/mol. The summed E-state index contributed by atoms with van der Waals surface area (Å²) in [7, 11) is 1.72. The third-order valence-electron chi connectivity index (χ3n) is 7.32. The molecule has 1 N–H and O–H groups in total. The lowest BCUT2D eigenvalue weighted by Gasteiger charge is -2.23. The highest BCUT2D eigenvalue weighted by atomic mass is 35.5. The van der Waals surface area contributed by atoms with E-state index in [2.05, 4.69) is 10.2 Å². The maximum absolute atomic E-state index is 13.3. The number of carbonyl (C=O) groups excluding carboxylic acids is 2. The number of thiophene rings is 1. The highest BCUT2D eigenvalue weighted by Crippen LogP contribution is 2.26. The summed E-state index contributed by atoms with van der Waals surface area (Å²) in [6, 6.07) is 12.6. The van der Waals surface area contributed by atoms with E-state index in [1.807, 2.05) is 13.0 Å². The molecule has 2 aromatic heterocycles. The number of rotatable bonds is 11. The highest BCUT2D eigenvalue weighted by Gasteiger charge is 2.33. The van der Waals surface area contributed by atoms with Crippen LogP contribution in [0.25, 0.3) is 5.69 Å². The summed E-state index contributed by atoms with van der Waals surface area (Å²) >= 11 is 7.09. The molecule has 12 heteroatoms. The normalized spacial score (nSPS) is 19.0. The van der Waals surface area contributed by atoms with E-state index in [-0.39, 0.29) is 30.3 Å². The summed E-state index contributed by atoms with van der Waals surface area (Å²) in [6.45, 7) is 5.20. The summed E-state index contributed by atoms with van der Waals surface area (Å²) in [4.78, 5) is 42.5. The molecule has 4 heterocycles. The van der Waals surface area contributed by atoms with Gasteiger partial charge in [0, 0.05) is 31.6 Å². The Hall–Kier alpha value is -3.38. The highest BCUT2D eigenvalue weighted by molar-refractivity contribution is 7.18. The van der Waals surface area contributed by atoms with Crippen LogP contribution in [-0.4, -0.2) is 80.1 Å². The third kappa shape index (κ3) is 6.75. The van der Waals surface area contributed by atoms with Crippen LogP contribution in [0.4, 0.5) is 10.5 Å². The number of methoxy groups -OCH3 is 1. The minimum atomic E-state index is -0.497. The van der Waals surface area contributed by atoms with Crippen molar-refractivity contribution in [3.8, 4) is 11.4 Å². The van der Waals surface area contributed by atoms with Gasteiger partial charge in [0.2, 0.25) is 0 Å². The number of pyridine rings is 1. The van der Waals surface area contributed by atoms with E-state index in [9.17, 15) is 14.4 Å². The van der Waals surface area contributed by atoms with E-state index >= 15 is 0 Å². The Bertz CT molecular complexity index is 1460. The second kappa shape index (κ2) is 13.1. The van der Waals surface area contributed by atoms with Gasteiger partial charge in [0.15, 0.2) is 5.75 Å². The second-order valence-corrected chi connectivity index (χ2v) is 11.8. The Labute approximate surface area is 247 Å². The first-order chi connectivity index (χ1) is 19.8. The van der Waals surface area contributed by atoms with Gasteiger partial charge in [-0.3, -0.25) is 24.0 Å². The number of nitrogens with zero attached hydrogens (tertiary/aromatic N) is 3. The number of aromatic nitrogens is 1. The van der Waals surface area contributed by atoms with E-state index in [1.165, 1.54) is 16.2 Å². The van der Waals surface area contributed by atoms with Crippen molar-refractivity contribution in [3.63, 3.8) is 0 Å². The van der Waals surface area contributed by atoms with Crippen molar-refractivity contribution in [2.45, 2.75) is 31.9 Å². The molecule has 0 aliphatic carbocycles. The molecule has 0 spiro atoms. The SMILES string of the molecule is COC[C@@H]1CCCN1CCOc1cccn(-c2ccc(N3C[C@H](CNC(=O)c4ccc(Cl)s4)OC3=O)cc2C)c1=O. The zero-order chi connectivity index (χ0) is 28.9. The Morgan fingerprint density at radius 2 is 2.07 bits per heavy atom. The molecule has 10 nitrogen and oxygen atoms in total. The number of benzene rings is 1. The molecular weight excluding hydrogens is 568 g/mol. The third-order valence-corrected chi connectivity index (χ3v) is 8.55. The number of hydrogen-bond acceptors (Lipinski definition) is 8. The number of anilines is 1. The topological polar surface area (TPSA) is 102 Å². The lowest BCUT2D eigenvalue weighted by atomic mass is 10.1. The molecule has 1 aromatic carbocycles. The van der Waals surface area contributed by atoms with Crippen LogP contribution < -0.4 is 20.5 Å². The van der Waals surface area contributed by atoms with E-state index in [0.717, 1.165) is 31.5 Å². The molecule has 2 saturated heterocycles. The number of hydrogen-bond donors (Lipinski definition) is 1. The molecule has 41 heavy (non-hydrogen) atoms. The van der Waals surface area contributed by atoms with E-state index in [1.54, 1.807) is 54.3 Å². The van der Waals surface area contributed by atoms with Crippen molar-refractivity contribution in [1.82, 2.24) is 14.8 Å². The van der Waals surface area contributed by atoms with Crippen molar-refractivity contribution in [1.29, 1.82) is 0 Å². The molecule has 218 valence electrons. The van der Waals surface area contributed by atoms with Gasteiger partial charge in [0.05, 0.1) is 34.6 Å². The number of likely N-dealkylation sites (tertiary alicyclic amines) is 1. The van der Waals surface area contributed by atoms with Crippen LogP contribution in [0.2, 0.25) is 4.34 Å². The van der Waals surface area contributed by atoms with E-state index < -0.39 is 12.2 Å². The van der Waals surface area contributed by atoms with Crippen molar-refractivity contribution in [3.05, 3.63) is 73.8 Å². The Kier molecular flexibility index (Phi) is 9.29. The quantitative estimate of drug-likeness (QED) is 0.353. The van der Waals surface area contributed by atoms with Crippen LogP contribution in [0.3, 0.4) is 0 Å².